The molecule has 0 saturated heterocycles. The van der Waals surface area contributed by atoms with Crippen molar-refractivity contribution in [3.63, 3.8) is 0 Å². The average molecular weight is 247 g/mol. The number of benzene rings is 1. The SMILES string of the molecule is CCC(CC)CNC(=O)/C=C/c1ccc(O)cc1. The molecule has 0 unspecified atom stereocenters. The van der Waals surface area contributed by atoms with Crippen molar-refractivity contribution in [3.8, 4) is 5.75 Å². The molecule has 0 aromatic heterocycles. The Morgan fingerprint density at radius 2 is 1.89 bits per heavy atom. The number of nitrogens with one attached hydrogen (secondary N) is 1. The van der Waals surface area contributed by atoms with Gasteiger partial charge in [0.25, 0.3) is 0 Å². The standard InChI is InChI=1S/C15H21NO2/c1-3-12(4-2)11-16-15(18)10-7-13-5-8-14(17)9-6-13/h5-10,12,17H,3-4,11H2,1-2H3,(H,16,18)/b10-7+. The van der Waals surface area contributed by atoms with E-state index in [4.69, 9.17) is 5.11 Å². The third-order valence-corrected chi connectivity index (χ3v) is 3.04. The predicted octanol–water partition coefficient (Wildman–Crippen LogP) is 2.96. The monoisotopic (exact) mass is 247 g/mol. The maximum atomic E-state index is 11.6. The lowest BCUT2D eigenvalue weighted by Gasteiger charge is -2.11. The summed E-state index contributed by atoms with van der Waals surface area (Å²) in [6, 6.07) is 6.73. The van der Waals surface area contributed by atoms with Crippen LogP contribution in [-0.4, -0.2) is 17.6 Å². The lowest BCUT2D eigenvalue weighted by Crippen LogP contribution is -2.27. The van der Waals surface area contributed by atoms with Crippen molar-refractivity contribution >= 4 is 12.0 Å². The molecule has 0 atom stereocenters. The van der Waals surface area contributed by atoms with Gasteiger partial charge in [-0.3, -0.25) is 4.79 Å². The molecule has 1 rings (SSSR count). The van der Waals surface area contributed by atoms with Crippen molar-refractivity contribution in [1.29, 1.82) is 0 Å². The van der Waals surface area contributed by atoms with E-state index in [1.807, 2.05) is 0 Å². The molecule has 0 saturated carbocycles. The van der Waals surface area contributed by atoms with Crippen LogP contribution in [0, 0.1) is 5.92 Å². The Bertz CT molecular complexity index is 391. The first-order valence-electron chi connectivity index (χ1n) is 6.40. The average Bonchev–Trinajstić information content (AvgIpc) is 2.39. The Labute approximate surface area is 109 Å². The highest BCUT2D eigenvalue weighted by molar-refractivity contribution is 5.91. The molecule has 98 valence electrons. The van der Waals surface area contributed by atoms with Crippen LogP contribution in [0.5, 0.6) is 5.75 Å². The first-order chi connectivity index (χ1) is 8.65. The highest BCUT2D eigenvalue weighted by Gasteiger charge is 2.03. The number of hydrogen-bond donors (Lipinski definition) is 2. The summed E-state index contributed by atoms with van der Waals surface area (Å²) in [6.07, 6.45) is 5.42. The van der Waals surface area contributed by atoms with Gasteiger partial charge >= 0.3 is 0 Å². The van der Waals surface area contributed by atoms with E-state index in [1.54, 1.807) is 30.3 Å². The molecule has 3 nitrogen and oxygen atoms in total. The largest absolute Gasteiger partial charge is 0.508 e. The van der Waals surface area contributed by atoms with Gasteiger partial charge in [-0.05, 0) is 29.7 Å². The van der Waals surface area contributed by atoms with Crippen LogP contribution in [-0.2, 0) is 4.79 Å². The summed E-state index contributed by atoms with van der Waals surface area (Å²) in [6.45, 7) is 4.99. The molecule has 0 aliphatic carbocycles. The minimum Gasteiger partial charge on any atom is -0.508 e. The van der Waals surface area contributed by atoms with Crippen LogP contribution < -0.4 is 5.32 Å². The Balaban J connectivity index is 2.42. The Morgan fingerprint density at radius 3 is 2.44 bits per heavy atom. The molecule has 0 bridgehead atoms. The number of hydrogen-bond acceptors (Lipinski definition) is 2. The molecule has 1 amide bonds. The zero-order valence-corrected chi connectivity index (χ0v) is 11.0. The van der Waals surface area contributed by atoms with Gasteiger partial charge in [0.15, 0.2) is 0 Å². The van der Waals surface area contributed by atoms with Gasteiger partial charge in [-0.1, -0.05) is 38.8 Å². The highest BCUT2D eigenvalue weighted by Crippen LogP contribution is 2.10. The first-order valence-corrected chi connectivity index (χ1v) is 6.40. The zero-order chi connectivity index (χ0) is 13.4. The van der Waals surface area contributed by atoms with E-state index < -0.39 is 0 Å². The van der Waals surface area contributed by atoms with Gasteiger partial charge in [0.1, 0.15) is 5.75 Å². The van der Waals surface area contributed by atoms with E-state index in [2.05, 4.69) is 19.2 Å². The van der Waals surface area contributed by atoms with E-state index in [0.29, 0.717) is 5.92 Å². The van der Waals surface area contributed by atoms with Gasteiger partial charge in [-0.2, -0.15) is 0 Å². The molecule has 0 radical (unpaired) electrons. The lowest BCUT2D eigenvalue weighted by molar-refractivity contribution is -0.116. The number of carbonyl (C=O) groups excluding carboxylic acids is 1. The van der Waals surface area contributed by atoms with Crippen LogP contribution in [0.15, 0.2) is 30.3 Å². The van der Waals surface area contributed by atoms with Crippen LogP contribution in [0.2, 0.25) is 0 Å². The van der Waals surface area contributed by atoms with Gasteiger partial charge < -0.3 is 10.4 Å². The minimum atomic E-state index is -0.0741. The molecular formula is C15H21NO2. The molecule has 0 fully saturated rings. The maximum Gasteiger partial charge on any atom is 0.244 e. The number of amides is 1. The third-order valence-electron chi connectivity index (χ3n) is 3.04. The third kappa shape index (κ3) is 5.04. The topological polar surface area (TPSA) is 49.3 Å². The quantitative estimate of drug-likeness (QED) is 0.759. The van der Waals surface area contributed by atoms with Crippen LogP contribution in [0.25, 0.3) is 6.08 Å². The second-order valence-corrected chi connectivity index (χ2v) is 4.35. The molecule has 0 spiro atoms. The van der Waals surface area contributed by atoms with Crippen molar-refractivity contribution in [1.82, 2.24) is 5.32 Å². The minimum absolute atomic E-state index is 0.0741. The lowest BCUT2D eigenvalue weighted by atomic mass is 10.0. The van der Waals surface area contributed by atoms with Crippen LogP contribution in [0.1, 0.15) is 32.3 Å². The van der Waals surface area contributed by atoms with E-state index in [-0.39, 0.29) is 11.7 Å². The van der Waals surface area contributed by atoms with E-state index >= 15 is 0 Å². The van der Waals surface area contributed by atoms with Gasteiger partial charge in [0, 0.05) is 12.6 Å². The summed E-state index contributed by atoms with van der Waals surface area (Å²) in [5, 5.41) is 12.0. The number of rotatable bonds is 6. The fraction of sp³-hybridized carbons (Fsp3) is 0.400. The zero-order valence-electron chi connectivity index (χ0n) is 11.0. The van der Waals surface area contributed by atoms with Gasteiger partial charge in [0.05, 0.1) is 0 Å². The summed E-state index contributed by atoms with van der Waals surface area (Å²) in [7, 11) is 0. The molecule has 1 aromatic carbocycles. The summed E-state index contributed by atoms with van der Waals surface area (Å²) in [5.41, 5.74) is 0.894. The second kappa shape index (κ2) is 7.54. The van der Waals surface area contributed by atoms with E-state index in [0.717, 1.165) is 24.9 Å². The number of phenols is 1. The van der Waals surface area contributed by atoms with Gasteiger partial charge in [0.2, 0.25) is 5.91 Å². The van der Waals surface area contributed by atoms with Crippen molar-refractivity contribution in [2.24, 2.45) is 5.92 Å². The van der Waals surface area contributed by atoms with E-state index in [9.17, 15) is 4.79 Å². The van der Waals surface area contributed by atoms with Crippen LogP contribution in [0.4, 0.5) is 0 Å². The van der Waals surface area contributed by atoms with Crippen molar-refractivity contribution in [3.05, 3.63) is 35.9 Å². The fourth-order valence-corrected chi connectivity index (χ4v) is 1.64. The summed E-state index contributed by atoms with van der Waals surface area (Å²) >= 11 is 0. The fourth-order valence-electron chi connectivity index (χ4n) is 1.64. The van der Waals surface area contributed by atoms with Crippen LogP contribution >= 0.6 is 0 Å². The molecule has 18 heavy (non-hydrogen) atoms. The normalized spacial score (nSPS) is 11.1. The number of carbonyl (C=O) groups is 1. The first kappa shape index (κ1) is 14.3. The number of phenolic OH excluding ortho intramolecular Hbond substituents is 1. The second-order valence-electron chi connectivity index (χ2n) is 4.35. The summed E-state index contributed by atoms with van der Waals surface area (Å²) in [5.74, 6) is 0.705. The molecule has 3 heteroatoms. The maximum absolute atomic E-state index is 11.6. The summed E-state index contributed by atoms with van der Waals surface area (Å²) in [4.78, 5) is 11.6. The van der Waals surface area contributed by atoms with Gasteiger partial charge in [-0.25, -0.2) is 0 Å². The molecular weight excluding hydrogens is 226 g/mol. The van der Waals surface area contributed by atoms with Crippen molar-refractivity contribution < 1.29 is 9.90 Å². The molecule has 2 N–H and O–H groups in total. The van der Waals surface area contributed by atoms with E-state index in [1.165, 1.54) is 6.08 Å². The summed E-state index contributed by atoms with van der Waals surface area (Å²) < 4.78 is 0. The van der Waals surface area contributed by atoms with Crippen molar-refractivity contribution in [2.45, 2.75) is 26.7 Å². The Kier molecular flexibility index (Phi) is 5.98. The Hall–Kier alpha value is -1.77. The van der Waals surface area contributed by atoms with Crippen LogP contribution in [0.3, 0.4) is 0 Å². The molecule has 0 heterocycles. The smallest absolute Gasteiger partial charge is 0.244 e. The molecule has 0 aliphatic heterocycles. The Morgan fingerprint density at radius 1 is 1.28 bits per heavy atom. The molecule has 0 aliphatic rings. The predicted molar refractivity (Wildman–Crippen MR) is 74.2 cm³/mol. The number of aromatic hydroxyl groups is 1. The highest BCUT2D eigenvalue weighted by atomic mass is 16.3. The molecule has 1 aromatic rings. The van der Waals surface area contributed by atoms with Crippen molar-refractivity contribution in [2.75, 3.05) is 6.54 Å². The van der Waals surface area contributed by atoms with Gasteiger partial charge in [-0.15, -0.1) is 0 Å².